The van der Waals surface area contributed by atoms with Crippen molar-refractivity contribution in [1.82, 2.24) is 4.57 Å². The van der Waals surface area contributed by atoms with E-state index in [0.29, 0.717) is 6.42 Å². The van der Waals surface area contributed by atoms with Crippen LogP contribution in [0.5, 0.6) is 0 Å². The molecule has 0 aliphatic carbocycles. The maximum Gasteiger partial charge on any atom is 0.183 e. The monoisotopic (exact) mass is 277 g/mol. The van der Waals surface area contributed by atoms with E-state index in [1.54, 1.807) is 11.8 Å². The van der Waals surface area contributed by atoms with Crippen molar-refractivity contribution in [3.63, 3.8) is 0 Å². The van der Waals surface area contributed by atoms with Gasteiger partial charge in [-0.2, -0.15) is 0 Å². The van der Waals surface area contributed by atoms with Crippen LogP contribution < -0.4 is 0 Å². The Labute approximate surface area is 115 Å². The lowest BCUT2D eigenvalue weighted by molar-refractivity contribution is 0.0986. The molecule has 1 aliphatic rings. The minimum atomic E-state index is 0.177. The second-order valence-corrected chi connectivity index (χ2v) is 5.72. The van der Waals surface area contributed by atoms with Gasteiger partial charge in [0.1, 0.15) is 0 Å². The smallest absolute Gasteiger partial charge is 0.183 e. The number of halogens is 1. The number of thioether (sulfide) groups is 1. The van der Waals surface area contributed by atoms with Crippen LogP contribution in [0.1, 0.15) is 21.6 Å². The molecule has 0 amide bonds. The molecular formula is C14H12ClNOS. The van der Waals surface area contributed by atoms with Gasteiger partial charge in [-0.05, 0) is 35.6 Å². The molecule has 0 saturated heterocycles. The molecule has 2 heterocycles. The number of benzene rings is 1. The largest absolute Gasteiger partial charge is 0.340 e. The molecule has 18 heavy (non-hydrogen) atoms. The van der Waals surface area contributed by atoms with Crippen LogP contribution in [0.4, 0.5) is 0 Å². The molecular weight excluding hydrogens is 266 g/mol. The topological polar surface area (TPSA) is 22.0 Å². The average Bonchev–Trinajstić information content (AvgIpc) is 2.71. The number of nitrogens with zero attached hydrogens (tertiary/aromatic N) is 1. The molecule has 1 aromatic heterocycles. The summed E-state index contributed by atoms with van der Waals surface area (Å²) in [6.45, 7) is 0.720. The fourth-order valence-electron chi connectivity index (χ4n) is 2.32. The maximum absolute atomic E-state index is 12.2. The molecule has 2 aromatic rings. The Kier molecular flexibility index (Phi) is 2.96. The molecule has 92 valence electrons. The van der Waals surface area contributed by atoms with Gasteiger partial charge in [-0.15, -0.1) is 11.8 Å². The van der Waals surface area contributed by atoms with Crippen LogP contribution in [0.3, 0.4) is 0 Å². The van der Waals surface area contributed by atoms with E-state index in [1.165, 1.54) is 0 Å². The number of aromatic nitrogens is 1. The highest BCUT2D eigenvalue weighted by atomic mass is 35.5. The first-order valence-corrected chi connectivity index (χ1v) is 7.32. The van der Waals surface area contributed by atoms with Crippen molar-refractivity contribution in [2.24, 2.45) is 0 Å². The van der Waals surface area contributed by atoms with Gasteiger partial charge in [0, 0.05) is 29.1 Å². The quantitative estimate of drug-likeness (QED) is 0.742. The summed E-state index contributed by atoms with van der Waals surface area (Å²) in [5, 5.41) is 0.724. The normalized spacial score (nSPS) is 14.0. The van der Waals surface area contributed by atoms with Gasteiger partial charge in [0.25, 0.3) is 0 Å². The maximum atomic E-state index is 12.2. The first-order chi connectivity index (χ1) is 8.67. The summed E-state index contributed by atoms with van der Waals surface area (Å²) < 4.78 is 2.02. The Morgan fingerprint density at radius 2 is 2.11 bits per heavy atom. The number of hydrogen-bond donors (Lipinski definition) is 0. The van der Waals surface area contributed by atoms with E-state index in [2.05, 4.69) is 0 Å². The van der Waals surface area contributed by atoms with Gasteiger partial charge < -0.3 is 4.57 Å². The third-order valence-corrected chi connectivity index (χ3v) is 4.18. The van der Waals surface area contributed by atoms with Gasteiger partial charge in [-0.25, -0.2) is 0 Å². The SMILES string of the molecule is CSc1cc2n(c1)Cc1cc(Cl)ccc1CC2=O. The lowest BCUT2D eigenvalue weighted by Crippen LogP contribution is -2.05. The van der Waals surface area contributed by atoms with Crippen molar-refractivity contribution in [3.8, 4) is 0 Å². The molecule has 0 atom stereocenters. The molecule has 1 aromatic carbocycles. The number of rotatable bonds is 1. The predicted octanol–water partition coefficient (Wildman–Crippen LogP) is 3.65. The number of hydrogen-bond acceptors (Lipinski definition) is 2. The molecule has 0 unspecified atom stereocenters. The van der Waals surface area contributed by atoms with Crippen LogP contribution in [0.2, 0.25) is 5.02 Å². The van der Waals surface area contributed by atoms with Gasteiger partial charge >= 0.3 is 0 Å². The van der Waals surface area contributed by atoms with E-state index in [4.69, 9.17) is 11.6 Å². The van der Waals surface area contributed by atoms with Gasteiger partial charge in [0.2, 0.25) is 0 Å². The first kappa shape index (κ1) is 11.9. The molecule has 0 spiro atoms. The number of carbonyl (C=O) groups excluding carboxylic acids is 1. The zero-order chi connectivity index (χ0) is 12.7. The summed E-state index contributed by atoms with van der Waals surface area (Å²) in [7, 11) is 0. The van der Waals surface area contributed by atoms with Crippen molar-refractivity contribution in [2.45, 2.75) is 17.9 Å². The van der Waals surface area contributed by atoms with Crippen LogP contribution in [0, 0.1) is 0 Å². The Morgan fingerprint density at radius 1 is 1.28 bits per heavy atom. The average molecular weight is 278 g/mol. The van der Waals surface area contributed by atoms with E-state index < -0.39 is 0 Å². The lowest BCUT2D eigenvalue weighted by atomic mass is 10.0. The predicted molar refractivity (Wildman–Crippen MR) is 74.8 cm³/mol. The summed E-state index contributed by atoms with van der Waals surface area (Å²) in [5.74, 6) is 0.177. The number of fused-ring (bicyclic) bond motifs is 2. The molecule has 3 rings (SSSR count). The summed E-state index contributed by atoms with van der Waals surface area (Å²) in [6.07, 6.45) is 4.52. The van der Waals surface area contributed by atoms with E-state index >= 15 is 0 Å². The molecule has 0 N–H and O–H groups in total. The molecule has 0 fully saturated rings. The van der Waals surface area contributed by atoms with Crippen LogP contribution in [0.15, 0.2) is 35.4 Å². The molecule has 0 bridgehead atoms. The van der Waals surface area contributed by atoms with E-state index in [-0.39, 0.29) is 5.78 Å². The Hall–Kier alpha value is -1.19. The van der Waals surface area contributed by atoms with Gasteiger partial charge in [-0.3, -0.25) is 4.79 Å². The highest BCUT2D eigenvalue weighted by Gasteiger charge is 2.20. The second-order valence-electron chi connectivity index (χ2n) is 4.41. The van der Waals surface area contributed by atoms with Crippen molar-refractivity contribution in [1.29, 1.82) is 0 Å². The lowest BCUT2D eigenvalue weighted by Gasteiger charge is -2.06. The fourth-order valence-corrected chi connectivity index (χ4v) is 2.98. The van der Waals surface area contributed by atoms with Crippen LogP contribution in [-0.4, -0.2) is 16.6 Å². The Morgan fingerprint density at radius 3 is 2.89 bits per heavy atom. The minimum absolute atomic E-state index is 0.177. The zero-order valence-electron chi connectivity index (χ0n) is 9.94. The van der Waals surface area contributed by atoms with E-state index in [9.17, 15) is 4.79 Å². The van der Waals surface area contributed by atoms with Gasteiger partial charge in [-0.1, -0.05) is 17.7 Å². The summed E-state index contributed by atoms with van der Waals surface area (Å²) in [5.41, 5.74) is 3.02. The zero-order valence-corrected chi connectivity index (χ0v) is 11.5. The summed E-state index contributed by atoms with van der Waals surface area (Å²) in [4.78, 5) is 13.3. The van der Waals surface area contributed by atoms with Gasteiger partial charge in [0.15, 0.2) is 5.78 Å². The highest BCUT2D eigenvalue weighted by Crippen LogP contribution is 2.26. The van der Waals surface area contributed by atoms with E-state index in [1.807, 2.05) is 41.3 Å². The van der Waals surface area contributed by atoms with Crippen LogP contribution in [0.25, 0.3) is 0 Å². The van der Waals surface area contributed by atoms with E-state index in [0.717, 1.165) is 33.3 Å². The van der Waals surface area contributed by atoms with Crippen molar-refractivity contribution in [2.75, 3.05) is 6.26 Å². The number of carbonyl (C=O) groups is 1. The van der Waals surface area contributed by atoms with Crippen molar-refractivity contribution < 1.29 is 4.79 Å². The van der Waals surface area contributed by atoms with Crippen molar-refractivity contribution >= 4 is 29.1 Å². The summed E-state index contributed by atoms with van der Waals surface area (Å²) in [6, 6.07) is 7.73. The second kappa shape index (κ2) is 4.48. The number of Topliss-reactive ketones (excluding diaryl/α,β-unsaturated/α-hetero) is 1. The Bertz CT molecular complexity index is 633. The summed E-state index contributed by atoms with van der Waals surface area (Å²) >= 11 is 7.68. The highest BCUT2D eigenvalue weighted by molar-refractivity contribution is 7.98. The fraction of sp³-hybridized carbons (Fsp3) is 0.214. The third-order valence-electron chi connectivity index (χ3n) is 3.25. The van der Waals surface area contributed by atoms with Crippen LogP contribution in [-0.2, 0) is 13.0 Å². The van der Waals surface area contributed by atoms with Crippen molar-refractivity contribution in [3.05, 3.63) is 52.3 Å². The molecule has 0 radical (unpaired) electrons. The Balaban J connectivity index is 2.12. The molecule has 4 heteroatoms. The molecule has 0 saturated carbocycles. The number of ketones is 1. The minimum Gasteiger partial charge on any atom is -0.340 e. The van der Waals surface area contributed by atoms with Gasteiger partial charge in [0.05, 0.1) is 5.69 Å². The third kappa shape index (κ3) is 1.98. The standard InChI is InChI=1S/C14H12ClNOS/c1-18-12-6-13-14(17)5-9-2-3-11(15)4-10(9)7-16(13)8-12/h2-4,6,8H,5,7H2,1H3. The molecule has 1 aliphatic heterocycles. The first-order valence-electron chi connectivity index (χ1n) is 5.72. The molecule has 2 nitrogen and oxygen atoms in total. The van der Waals surface area contributed by atoms with Crippen LogP contribution >= 0.6 is 23.4 Å².